The fourth-order valence-electron chi connectivity index (χ4n) is 5.47. The number of carbonyl (C=O) groups is 1. The summed E-state index contributed by atoms with van der Waals surface area (Å²) in [5.74, 6) is -0.0408. The van der Waals surface area contributed by atoms with Crippen LogP contribution in [-0.2, 0) is 4.79 Å². The van der Waals surface area contributed by atoms with Gasteiger partial charge in [-0.25, -0.2) is 0 Å². The first kappa shape index (κ1) is 39.1. The van der Waals surface area contributed by atoms with E-state index in [1.165, 1.54) is 141 Å². The van der Waals surface area contributed by atoms with Gasteiger partial charge in [0, 0.05) is 6.42 Å². The van der Waals surface area contributed by atoms with Gasteiger partial charge in [-0.15, -0.1) is 0 Å². The molecule has 0 aromatic rings. The topological polar surface area (TPSA) is 69.6 Å². The van der Waals surface area contributed by atoms with Crippen LogP contribution in [0.4, 0.5) is 0 Å². The van der Waals surface area contributed by atoms with Crippen LogP contribution in [0.1, 0.15) is 194 Å². The third-order valence-electron chi connectivity index (χ3n) is 8.28. The van der Waals surface area contributed by atoms with Crippen LogP contribution in [0.2, 0.25) is 0 Å². The normalized spacial score (nSPS) is 13.2. The molecule has 0 aliphatic heterocycles. The summed E-state index contributed by atoms with van der Waals surface area (Å²) in [6.07, 6.45) is 38.3. The molecule has 0 fully saturated rings. The number of aliphatic hydroxyl groups excluding tert-OH is 2. The molecule has 0 saturated heterocycles. The van der Waals surface area contributed by atoms with E-state index in [0.29, 0.717) is 12.8 Å². The van der Waals surface area contributed by atoms with Gasteiger partial charge < -0.3 is 15.5 Å². The molecule has 0 aromatic heterocycles. The van der Waals surface area contributed by atoms with Gasteiger partial charge in [-0.1, -0.05) is 161 Å². The van der Waals surface area contributed by atoms with Crippen molar-refractivity contribution in [3.8, 4) is 0 Å². The van der Waals surface area contributed by atoms with Crippen LogP contribution in [0.25, 0.3) is 0 Å². The largest absolute Gasteiger partial charge is 0.394 e. The highest BCUT2D eigenvalue weighted by Crippen LogP contribution is 2.15. The second-order valence-electron chi connectivity index (χ2n) is 12.3. The highest BCUT2D eigenvalue weighted by molar-refractivity contribution is 5.76. The summed E-state index contributed by atoms with van der Waals surface area (Å²) in [6, 6.07) is -0.534. The van der Waals surface area contributed by atoms with Gasteiger partial charge >= 0.3 is 0 Å². The molecular formula is C36H71NO3. The lowest BCUT2D eigenvalue weighted by atomic mass is 10.0. The van der Waals surface area contributed by atoms with Crippen LogP contribution in [-0.4, -0.2) is 34.9 Å². The van der Waals surface area contributed by atoms with Crippen LogP contribution in [0.3, 0.4) is 0 Å². The van der Waals surface area contributed by atoms with Gasteiger partial charge in [-0.05, 0) is 38.5 Å². The lowest BCUT2D eigenvalue weighted by Gasteiger charge is -2.22. The summed E-state index contributed by atoms with van der Waals surface area (Å²) in [5, 5.41) is 23.0. The number of nitrogens with one attached hydrogen (secondary N) is 1. The molecular weight excluding hydrogens is 494 g/mol. The molecule has 0 radical (unpaired) electrons. The highest BCUT2D eigenvalue weighted by Gasteiger charge is 2.19. The maximum atomic E-state index is 12.3. The zero-order valence-corrected chi connectivity index (χ0v) is 27.1. The first-order valence-electron chi connectivity index (χ1n) is 17.9. The Hall–Kier alpha value is -0.870. The van der Waals surface area contributed by atoms with Gasteiger partial charge in [-0.2, -0.15) is 0 Å². The second-order valence-corrected chi connectivity index (χ2v) is 12.3. The summed E-state index contributed by atoms with van der Waals surface area (Å²) in [4.78, 5) is 12.3. The third-order valence-corrected chi connectivity index (χ3v) is 8.28. The van der Waals surface area contributed by atoms with Gasteiger partial charge in [0.25, 0.3) is 0 Å². The van der Waals surface area contributed by atoms with Crippen molar-refractivity contribution in [2.75, 3.05) is 6.61 Å². The van der Waals surface area contributed by atoms with Crippen LogP contribution in [0, 0.1) is 0 Å². The second kappa shape index (κ2) is 32.6. The summed E-state index contributed by atoms with van der Waals surface area (Å²) in [6.45, 7) is 4.34. The summed E-state index contributed by atoms with van der Waals surface area (Å²) >= 11 is 0. The molecule has 0 unspecified atom stereocenters. The molecule has 4 heteroatoms. The van der Waals surface area contributed by atoms with E-state index in [2.05, 4.69) is 31.3 Å². The van der Waals surface area contributed by atoms with Gasteiger partial charge in [-0.3, -0.25) is 4.79 Å². The number of unbranched alkanes of at least 4 members (excludes halogenated alkanes) is 23. The van der Waals surface area contributed by atoms with Crippen molar-refractivity contribution in [3.63, 3.8) is 0 Å². The minimum atomic E-state index is -0.657. The number of hydrogen-bond acceptors (Lipinski definition) is 3. The van der Waals surface area contributed by atoms with Crippen LogP contribution in [0.15, 0.2) is 12.2 Å². The lowest BCUT2D eigenvalue weighted by molar-refractivity contribution is -0.123. The predicted molar refractivity (Wildman–Crippen MR) is 175 cm³/mol. The van der Waals surface area contributed by atoms with E-state index in [1.807, 2.05) is 0 Å². The Balaban J connectivity index is 3.57. The van der Waals surface area contributed by atoms with E-state index < -0.39 is 12.1 Å². The van der Waals surface area contributed by atoms with Crippen molar-refractivity contribution < 1.29 is 15.0 Å². The van der Waals surface area contributed by atoms with Crippen molar-refractivity contribution in [1.29, 1.82) is 0 Å². The molecule has 2 atom stereocenters. The summed E-state index contributed by atoms with van der Waals surface area (Å²) in [5.41, 5.74) is 0. The highest BCUT2D eigenvalue weighted by atomic mass is 16.3. The Morgan fingerprint density at radius 1 is 0.575 bits per heavy atom. The minimum absolute atomic E-state index is 0.0408. The molecule has 0 rings (SSSR count). The first-order chi connectivity index (χ1) is 19.7. The van der Waals surface area contributed by atoms with E-state index >= 15 is 0 Å². The van der Waals surface area contributed by atoms with Crippen molar-refractivity contribution >= 4 is 5.91 Å². The number of allylic oxidation sites excluding steroid dienone is 2. The Morgan fingerprint density at radius 2 is 0.950 bits per heavy atom. The van der Waals surface area contributed by atoms with Crippen molar-refractivity contribution in [1.82, 2.24) is 5.32 Å². The Labute approximate surface area is 250 Å². The van der Waals surface area contributed by atoms with Gasteiger partial charge in [0.2, 0.25) is 5.91 Å². The molecule has 0 aliphatic rings. The van der Waals surface area contributed by atoms with E-state index in [1.54, 1.807) is 0 Å². The molecule has 0 aliphatic carbocycles. The first-order valence-corrected chi connectivity index (χ1v) is 17.9. The average molecular weight is 566 g/mol. The van der Waals surface area contributed by atoms with E-state index in [0.717, 1.165) is 25.7 Å². The standard InChI is InChI=1S/C36H71NO3/c1-3-5-7-9-11-13-15-17-19-21-23-25-27-29-31-35(39)34(33-38)37-36(40)32-30-28-26-24-22-20-18-16-14-12-10-8-6-4-2/h16,18,34-35,38-39H,3-15,17,19-33H2,1-2H3,(H,37,40)/b18-16+/t34-,35+/m0/s1. The quantitative estimate of drug-likeness (QED) is 0.0561. The van der Waals surface area contributed by atoms with E-state index in [4.69, 9.17) is 0 Å². The monoisotopic (exact) mass is 566 g/mol. The van der Waals surface area contributed by atoms with Crippen LogP contribution < -0.4 is 5.32 Å². The molecule has 4 nitrogen and oxygen atoms in total. The van der Waals surface area contributed by atoms with Gasteiger partial charge in [0.05, 0.1) is 18.8 Å². The van der Waals surface area contributed by atoms with E-state index in [-0.39, 0.29) is 12.5 Å². The molecule has 0 heterocycles. The lowest BCUT2D eigenvalue weighted by Crippen LogP contribution is -2.45. The minimum Gasteiger partial charge on any atom is -0.394 e. The van der Waals surface area contributed by atoms with Crippen molar-refractivity contribution in [2.24, 2.45) is 0 Å². The number of carbonyl (C=O) groups excluding carboxylic acids is 1. The zero-order chi connectivity index (χ0) is 29.4. The molecule has 40 heavy (non-hydrogen) atoms. The smallest absolute Gasteiger partial charge is 0.220 e. The molecule has 1 amide bonds. The molecule has 0 spiro atoms. The third kappa shape index (κ3) is 28.7. The Bertz CT molecular complexity index is 536. The summed E-state index contributed by atoms with van der Waals surface area (Å²) in [7, 11) is 0. The number of hydrogen-bond donors (Lipinski definition) is 3. The van der Waals surface area contributed by atoms with Crippen molar-refractivity contribution in [2.45, 2.75) is 206 Å². The zero-order valence-electron chi connectivity index (χ0n) is 27.1. The molecule has 0 aromatic carbocycles. The summed E-state index contributed by atoms with van der Waals surface area (Å²) < 4.78 is 0. The Kier molecular flexibility index (Phi) is 31.9. The predicted octanol–water partition coefficient (Wildman–Crippen LogP) is 10.3. The molecule has 0 bridgehead atoms. The molecule has 0 saturated carbocycles. The van der Waals surface area contributed by atoms with Crippen LogP contribution in [0.5, 0.6) is 0 Å². The number of amides is 1. The average Bonchev–Trinajstić information content (AvgIpc) is 2.96. The molecule has 238 valence electrons. The Morgan fingerprint density at radius 3 is 1.38 bits per heavy atom. The van der Waals surface area contributed by atoms with Crippen LogP contribution >= 0.6 is 0 Å². The maximum absolute atomic E-state index is 12.3. The number of aliphatic hydroxyl groups is 2. The van der Waals surface area contributed by atoms with Gasteiger partial charge in [0.15, 0.2) is 0 Å². The molecule has 3 N–H and O–H groups in total. The fourth-order valence-corrected chi connectivity index (χ4v) is 5.47. The number of rotatable bonds is 32. The fraction of sp³-hybridized carbons (Fsp3) is 0.917. The van der Waals surface area contributed by atoms with Gasteiger partial charge in [0.1, 0.15) is 0 Å². The SMILES string of the molecule is CCCCCCC/C=C/CCCCCCCC(=O)N[C@@H](CO)[C@H](O)CCCCCCCCCCCCCCCC. The maximum Gasteiger partial charge on any atom is 0.220 e. The van der Waals surface area contributed by atoms with Crippen molar-refractivity contribution in [3.05, 3.63) is 12.2 Å². The van der Waals surface area contributed by atoms with E-state index in [9.17, 15) is 15.0 Å².